The van der Waals surface area contributed by atoms with Crippen LogP contribution < -0.4 is 5.32 Å². The van der Waals surface area contributed by atoms with Gasteiger partial charge in [-0.2, -0.15) is 0 Å². The number of hydrogen-bond acceptors (Lipinski definition) is 2. The van der Waals surface area contributed by atoms with Crippen LogP contribution in [0.1, 0.15) is 31.7 Å². The number of amides is 1. The Morgan fingerprint density at radius 1 is 1.40 bits per heavy atom. The van der Waals surface area contributed by atoms with Gasteiger partial charge in [-0.3, -0.25) is 4.79 Å². The van der Waals surface area contributed by atoms with E-state index >= 15 is 0 Å². The fourth-order valence-electron chi connectivity index (χ4n) is 2.55. The fourth-order valence-corrected chi connectivity index (χ4v) is 2.77. The lowest BCUT2D eigenvalue weighted by Crippen LogP contribution is -2.38. The lowest BCUT2D eigenvalue weighted by atomic mass is 9.99. The van der Waals surface area contributed by atoms with Crippen molar-refractivity contribution in [3.8, 4) is 0 Å². The van der Waals surface area contributed by atoms with Crippen molar-refractivity contribution in [2.24, 2.45) is 5.92 Å². The maximum absolute atomic E-state index is 12.1. The first-order chi connectivity index (χ1) is 9.56. The monoisotopic (exact) mass is 294 g/mol. The van der Waals surface area contributed by atoms with E-state index in [1.54, 1.807) is 0 Å². The van der Waals surface area contributed by atoms with E-state index in [2.05, 4.69) is 12.2 Å². The number of carbonyl (C=O) groups is 1. The van der Waals surface area contributed by atoms with Gasteiger partial charge in [-0.1, -0.05) is 18.5 Å². The molecule has 0 aromatic heterocycles. The van der Waals surface area contributed by atoms with Crippen molar-refractivity contribution in [2.45, 2.75) is 33.1 Å². The summed E-state index contributed by atoms with van der Waals surface area (Å²) >= 11 is 5.93. The van der Waals surface area contributed by atoms with E-state index in [0.29, 0.717) is 13.0 Å². The van der Waals surface area contributed by atoms with E-state index in [-0.39, 0.29) is 5.91 Å². The van der Waals surface area contributed by atoms with E-state index in [4.69, 9.17) is 11.6 Å². The van der Waals surface area contributed by atoms with Crippen molar-refractivity contribution in [1.82, 2.24) is 4.90 Å². The van der Waals surface area contributed by atoms with Crippen molar-refractivity contribution in [3.63, 3.8) is 0 Å². The number of aryl methyl sites for hydroxylation is 1. The van der Waals surface area contributed by atoms with Crippen molar-refractivity contribution in [2.75, 3.05) is 25.0 Å². The molecule has 0 bridgehead atoms. The Labute approximate surface area is 126 Å². The number of benzene rings is 1. The van der Waals surface area contributed by atoms with Crippen molar-refractivity contribution < 1.29 is 4.79 Å². The minimum Gasteiger partial charge on any atom is -0.384 e. The van der Waals surface area contributed by atoms with Crippen molar-refractivity contribution >= 4 is 23.2 Å². The second kappa shape index (κ2) is 6.98. The molecule has 1 amide bonds. The summed E-state index contributed by atoms with van der Waals surface area (Å²) in [6.07, 6.45) is 2.82. The van der Waals surface area contributed by atoms with Gasteiger partial charge in [0.2, 0.25) is 5.91 Å². The summed E-state index contributed by atoms with van der Waals surface area (Å²) in [5.74, 6) is 1.02. The third kappa shape index (κ3) is 4.14. The highest BCUT2D eigenvalue weighted by atomic mass is 35.5. The molecule has 1 aromatic carbocycles. The Morgan fingerprint density at radius 3 is 2.75 bits per heavy atom. The fraction of sp³-hybridized carbons (Fsp3) is 0.562. The zero-order valence-corrected chi connectivity index (χ0v) is 13.0. The number of carbonyl (C=O) groups excluding carboxylic acids is 1. The SMILES string of the molecule is Cc1cc(Cl)ccc1NCCC(=O)N1CCC(C)CC1. The number of nitrogens with zero attached hydrogens (tertiary/aromatic N) is 1. The molecule has 1 saturated heterocycles. The molecule has 1 heterocycles. The molecular formula is C16H23ClN2O. The molecule has 2 rings (SSSR count). The molecule has 1 aromatic rings. The Morgan fingerprint density at radius 2 is 2.10 bits per heavy atom. The number of anilines is 1. The van der Waals surface area contributed by atoms with Gasteiger partial charge in [-0.25, -0.2) is 0 Å². The average molecular weight is 295 g/mol. The molecule has 0 atom stereocenters. The molecule has 4 heteroatoms. The minimum atomic E-state index is 0.260. The number of nitrogens with one attached hydrogen (secondary N) is 1. The van der Waals surface area contributed by atoms with E-state index in [1.165, 1.54) is 0 Å². The van der Waals surface area contributed by atoms with Crippen LogP contribution in [-0.2, 0) is 4.79 Å². The van der Waals surface area contributed by atoms with Gasteiger partial charge in [0, 0.05) is 36.8 Å². The summed E-state index contributed by atoms with van der Waals surface area (Å²) in [6, 6.07) is 5.76. The Kier molecular flexibility index (Phi) is 5.30. The molecule has 0 aliphatic carbocycles. The molecule has 3 nitrogen and oxygen atoms in total. The van der Waals surface area contributed by atoms with Crippen LogP contribution in [0.25, 0.3) is 0 Å². The van der Waals surface area contributed by atoms with Crippen LogP contribution in [-0.4, -0.2) is 30.4 Å². The second-order valence-corrected chi connectivity index (χ2v) is 6.14. The molecule has 0 radical (unpaired) electrons. The zero-order valence-electron chi connectivity index (χ0n) is 12.3. The maximum Gasteiger partial charge on any atom is 0.224 e. The summed E-state index contributed by atoms with van der Waals surface area (Å²) in [7, 11) is 0. The van der Waals surface area contributed by atoms with Crippen molar-refractivity contribution in [3.05, 3.63) is 28.8 Å². The van der Waals surface area contributed by atoms with E-state index in [9.17, 15) is 4.79 Å². The van der Waals surface area contributed by atoms with E-state index in [0.717, 1.165) is 48.1 Å². The van der Waals surface area contributed by atoms with Gasteiger partial charge in [0.05, 0.1) is 0 Å². The third-order valence-corrected chi connectivity index (χ3v) is 4.21. The van der Waals surface area contributed by atoms with Gasteiger partial charge in [-0.15, -0.1) is 0 Å². The van der Waals surface area contributed by atoms with Gasteiger partial charge in [0.15, 0.2) is 0 Å². The summed E-state index contributed by atoms with van der Waals surface area (Å²) in [5, 5.41) is 4.05. The van der Waals surface area contributed by atoms with Crippen LogP contribution >= 0.6 is 11.6 Å². The van der Waals surface area contributed by atoms with Crippen LogP contribution in [0, 0.1) is 12.8 Å². The molecule has 0 saturated carbocycles. The molecule has 0 spiro atoms. The number of rotatable bonds is 4. The summed E-state index contributed by atoms with van der Waals surface area (Å²) in [4.78, 5) is 14.1. The average Bonchev–Trinajstić information content (AvgIpc) is 2.42. The molecule has 1 aliphatic heterocycles. The van der Waals surface area contributed by atoms with Crippen LogP contribution in [0.2, 0.25) is 5.02 Å². The number of piperidine rings is 1. The molecule has 1 N–H and O–H groups in total. The lowest BCUT2D eigenvalue weighted by Gasteiger charge is -2.30. The zero-order chi connectivity index (χ0) is 14.5. The Hall–Kier alpha value is -1.22. The van der Waals surface area contributed by atoms with E-state index in [1.807, 2.05) is 30.0 Å². The Balaban J connectivity index is 1.76. The maximum atomic E-state index is 12.1. The third-order valence-electron chi connectivity index (χ3n) is 3.98. The molecule has 1 fully saturated rings. The highest BCUT2D eigenvalue weighted by molar-refractivity contribution is 6.30. The highest BCUT2D eigenvalue weighted by Gasteiger charge is 2.19. The predicted molar refractivity (Wildman–Crippen MR) is 84.3 cm³/mol. The van der Waals surface area contributed by atoms with Crippen LogP contribution in [0.15, 0.2) is 18.2 Å². The first-order valence-electron chi connectivity index (χ1n) is 7.34. The summed E-state index contributed by atoms with van der Waals surface area (Å²) in [6.45, 7) is 6.78. The highest BCUT2D eigenvalue weighted by Crippen LogP contribution is 2.20. The summed E-state index contributed by atoms with van der Waals surface area (Å²) in [5.41, 5.74) is 2.16. The van der Waals surface area contributed by atoms with Gasteiger partial charge >= 0.3 is 0 Å². The van der Waals surface area contributed by atoms with Gasteiger partial charge < -0.3 is 10.2 Å². The lowest BCUT2D eigenvalue weighted by molar-refractivity contribution is -0.132. The largest absolute Gasteiger partial charge is 0.384 e. The number of hydrogen-bond donors (Lipinski definition) is 1. The smallest absolute Gasteiger partial charge is 0.224 e. The minimum absolute atomic E-state index is 0.260. The second-order valence-electron chi connectivity index (χ2n) is 5.70. The topological polar surface area (TPSA) is 32.3 Å². The molecule has 0 unspecified atom stereocenters. The first-order valence-corrected chi connectivity index (χ1v) is 7.72. The molecule has 20 heavy (non-hydrogen) atoms. The molecular weight excluding hydrogens is 272 g/mol. The standard InChI is InChI=1S/C16H23ClN2O/c1-12-6-9-19(10-7-12)16(20)5-8-18-15-4-3-14(17)11-13(15)2/h3-4,11-12,18H,5-10H2,1-2H3. The first kappa shape index (κ1) is 15.2. The summed E-state index contributed by atoms with van der Waals surface area (Å²) < 4.78 is 0. The predicted octanol–water partition coefficient (Wildman–Crippen LogP) is 3.71. The normalized spacial score (nSPS) is 16.2. The van der Waals surface area contributed by atoms with Crippen LogP contribution in [0.5, 0.6) is 0 Å². The van der Waals surface area contributed by atoms with Gasteiger partial charge in [0.25, 0.3) is 0 Å². The Bertz CT molecular complexity index is 468. The number of likely N-dealkylation sites (tertiary alicyclic amines) is 1. The van der Waals surface area contributed by atoms with Crippen LogP contribution in [0.3, 0.4) is 0 Å². The van der Waals surface area contributed by atoms with E-state index < -0.39 is 0 Å². The molecule has 110 valence electrons. The van der Waals surface area contributed by atoms with Gasteiger partial charge in [-0.05, 0) is 49.4 Å². The number of halogens is 1. The van der Waals surface area contributed by atoms with Crippen LogP contribution in [0.4, 0.5) is 5.69 Å². The quantitative estimate of drug-likeness (QED) is 0.918. The van der Waals surface area contributed by atoms with Crippen molar-refractivity contribution in [1.29, 1.82) is 0 Å². The molecule has 1 aliphatic rings. The van der Waals surface area contributed by atoms with Gasteiger partial charge in [0.1, 0.15) is 0 Å².